The van der Waals surface area contributed by atoms with Crippen LogP contribution in [0.5, 0.6) is 5.75 Å². The zero-order valence-electron chi connectivity index (χ0n) is 23.9. The molecule has 4 aromatic rings. The second-order valence-electron chi connectivity index (χ2n) is 10.3. The van der Waals surface area contributed by atoms with Gasteiger partial charge >= 0.3 is 6.36 Å². The van der Waals surface area contributed by atoms with Crippen LogP contribution in [-0.4, -0.2) is 59.3 Å². The van der Waals surface area contributed by atoms with E-state index in [1.165, 1.54) is 43.2 Å². The van der Waals surface area contributed by atoms with E-state index in [-0.39, 0.29) is 43.1 Å². The number of carbonyl (C=O) groups is 2. The van der Waals surface area contributed by atoms with Crippen molar-refractivity contribution in [3.63, 3.8) is 0 Å². The van der Waals surface area contributed by atoms with Crippen molar-refractivity contribution in [2.45, 2.75) is 64.5 Å². The van der Waals surface area contributed by atoms with Crippen LogP contribution in [0.4, 0.5) is 32.2 Å². The van der Waals surface area contributed by atoms with Gasteiger partial charge in [0.15, 0.2) is 11.5 Å². The number of rotatable bonds is 13. The van der Waals surface area contributed by atoms with Gasteiger partial charge in [-0.2, -0.15) is 0 Å². The smallest absolute Gasteiger partial charge is 0.406 e. The van der Waals surface area contributed by atoms with E-state index >= 15 is 0 Å². The molecule has 0 aliphatic heterocycles. The standard InChI is InChI=1S/C27H27F6N9O3/c1-26(2,30)17-5-7-34-19(11-17)12-35-25(44)22-14-42(39-37-22)13-18(28)6-8-41-15-23(38-40-41)36-24(43)10-16-9-20(3-4-21(16)29)45-27(31,32)33/h3-5,7,9,11,14-15,18H,6,8,10,12-13H2,1-2H3,(H,35,44)(H,36,43). The van der Waals surface area contributed by atoms with Crippen LogP contribution in [0.2, 0.25) is 0 Å². The molecule has 0 radical (unpaired) electrons. The first-order valence-corrected chi connectivity index (χ1v) is 13.4. The third kappa shape index (κ3) is 10.0. The molecule has 240 valence electrons. The van der Waals surface area contributed by atoms with E-state index in [9.17, 15) is 35.9 Å². The van der Waals surface area contributed by atoms with E-state index in [1.807, 2.05) is 0 Å². The van der Waals surface area contributed by atoms with Gasteiger partial charge in [-0.05, 0) is 49.7 Å². The minimum absolute atomic E-state index is 0.0166. The largest absolute Gasteiger partial charge is 0.573 e. The van der Waals surface area contributed by atoms with Crippen LogP contribution in [0.1, 0.15) is 47.6 Å². The Hall–Kier alpha value is -5.03. The van der Waals surface area contributed by atoms with Crippen molar-refractivity contribution in [1.82, 2.24) is 40.3 Å². The lowest BCUT2D eigenvalue weighted by Gasteiger charge is -2.15. The second kappa shape index (κ2) is 13.7. The zero-order chi connectivity index (χ0) is 32.8. The number of aromatic nitrogens is 7. The van der Waals surface area contributed by atoms with Crippen LogP contribution in [0.25, 0.3) is 0 Å². The monoisotopic (exact) mass is 639 g/mol. The summed E-state index contributed by atoms with van der Waals surface area (Å²) in [6.45, 7) is 2.65. The molecule has 0 fully saturated rings. The molecule has 3 aromatic heterocycles. The van der Waals surface area contributed by atoms with E-state index in [0.717, 1.165) is 22.9 Å². The molecule has 2 N–H and O–H groups in total. The predicted molar refractivity (Wildman–Crippen MR) is 145 cm³/mol. The fourth-order valence-corrected chi connectivity index (χ4v) is 3.97. The number of hydrogen-bond acceptors (Lipinski definition) is 8. The third-order valence-electron chi connectivity index (χ3n) is 6.17. The van der Waals surface area contributed by atoms with Crippen molar-refractivity contribution in [2.75, 3.05) is 5.32 Å². The molecule has 2 amide bonds. The van der Waals surface area contributed by atoms with Gasteiger partial charge < -0.3 is 15.4 Å². The molecular formula is C27H27F6N9O3. The molecule has 1 atom stereocenters. The van der Waals surface area contributed by atoms with E-state index < -0.39 is 48.0 Å². The molecule has 3 heterocycles. The van der Waals surface area contributed by atoms with Crippen LogP contribution in [0.15, 0.2) is 48.9 Å². The number of benzene rings is 1. The zero-order valence-corrected chi connectivity index (χ0v) is 23.9. The molecule has 0 spiro atoms. The van der Waals surface area contributed by atoms with Gasteiger partial charge in [-0.15, -0.1) is 23.4 Å². The predicted octanol–water partition coefficient (Wildman–Crippen LogP) is 4.05. The van der Waals surface area contributed by atoms with E-state index in [1.54, 1.807) is 6.07 Å². The summed E-state index contributed by atoms with van der Waals surface area (Å²) in [5.41, 5.74) is -1.11. The third-order valence-corrected chi connectivity index (χ3v) is 6.17. The highest BCUT2D eigenvalue weighted by Gasteiger charge is 2.31. The van der Waals surface area contributed by atoms with Crippen molar-refractivity contribution in [3.8, 4) is 5.75 Å². The fraction of sp³-hybridized carbons (Fsp3) is 0.370. The number of aryl methyl sites for hydroxylation is 1. The Labute approximate surface area is 251 Å². The molecule has 1 unspecified atom stereocenters. The molecule has 18 heteroatoms. The Bertz CT molecular complexity index is 1630. The topological polar surface area (TPSA) is 142 Å². The van der Waals surface area contributed by atoms with Gasteiger partial charge in [0, 0.05) is 24.7 Å². The summed E-state index contributed by atoms with van der Waals surface area (Å²) in [7, 11) is 0. The van der Waals surface area contributed by atoms with Crippen LogP contribution >= 0.6 is 0 Å². The van der Waals surface area contributed by atoms with Crippen LogP contribution in [-0.2, 0) is 36.5 Å². The number of ether oxygens (including phenoxy) is 1. The molecule has 0 aliphatic rings. The molecule has 0 saturated carbocycles. The summed E-state index contributed by atoms with van der Waals surface area (Å²) in [5, 5.41) is 19.9. The lowest BCUT2D eigenvalue weighted by Crippen LogP contribution is -2.24. The van der Waals surface area contributed by atoms with Crippen molar-refractivity contribution in [2.24, 2.45) is 0 Å². The lowest BCUT2D eigenvalue weighted by atomic mass is 10.0. The Kier molecular flexibility index (Phi) is 10.0. The summed E-state index contributed by atoms with van der Waals surface area (Å²) < 4.78 is 86.2. The highest BCUT2D eigenvalue weighted by Crippen LogP contribution is 2.26. The maximum Gasteiger partial charge on any atom is 0.573 e. The van der Waals surface area contributed by atoms with E-state index in [4.69, 9.17) is 0 Å². The quantitative estimate of drug-likeness (QED) is 0.209. The first kappa shape index (κ1) is 32.9. The minimum Gasteiger partial charge on any atom is -0.406 e. The molecule has 4 rings (SSSR count). The van der Waals surface area contributed by atoms with Gasteiger partial charge in [-0.3, -0.25) is 19.3 Å². The fourth-order valence-electron chi connectivity index (χ4n) is 3.97. The number of amides is 2. The number of anilines is 1. The summed E-state index contributed by atoms with van der Waals surface area (Å²) in [4.78, 5) is 28.8. The maximum absolute atomic E-state index is 14.6. The lowest BCUT2D eigenvalue weighted by molar-refractivity contribution is -0.274. The summed E-state index contributed by atoms with van der Waals surface area (Å²) in [5.74, 6) is -2.98. The number of nitrogens with zero attached hydrogens (tertiary/aromatic N) is 7. The van der Waals surface area contributed by atoms with E-state index in [2.05, 4.69) is 41.0 Å². The molecule has 1 aromatic carbocycles. The van der Waals surface area contributed by atoms with Gasteiger partial charge in [0.25, 0.3) is 5.91 Å². The SMILES string of the molecule is CC(C)(F)c1ccnc(CNC(=O)c2cn(CC(F)CCn3cc(NC(=O)Cc4cc(OC(F)(F)F)ccc4F)nn3)nn2)c1. The van der Waals surface area contributed by atoms with Crippen LogP contribution in [0, 0.1) is 5.82 Å². The maximum atomic E-state index is 14.6. The first-order valence-electron chi connectivity index (χ1n) is 13.4. The molecule has 0 bridgehead atoms. The molecular weight excluding hydrogens is 612 g/mol. The average molecular weight is 640 g/mol. The van der Waals surface area contributed by atoms with Gasteiger partial charge in [0.05, 0.1) is 37.6 Å². The average Bonchev–Trinajstić information content (AvgIpc) is 3.61. The molecule has 12 nitrogen and oxygen atoms in total. The van der Waals surface area contributed by atoms with E-state index in [0.29, 0.717) is 11.3 Å². The summed E-state index contributed by atoms with van der Waals surface area (Å²) >= 11 is 0. The Morgan fingerprint density at radius 1 is 1.02 bits per heavy atom. The second-order valence-corrected chi connectivity index (χ2v) is 10.3. The van der Waals surface area contributed by atoms with Crippen LogP contribution in [0.3, 0.4) is 0 Å². The van der Waals surface area contributed by atoms with Crippen molar-refractivity contribution in [1.29, 1.82) is 0 Å². The van der Waals surface area contributed by atoms with Gasteiger partial charge in [0.1, 0.15) is 23.4 Å². The first-order chi connectivity index (χ1) is 21.1. The van der Waals surface area contributed by atoms with Crippen LogP contribution < -0.4 is 15.4 Å². The molecule has 45 heavy (non-hydrogen) atoms. The van der Waals surface area contributed by atoms with Gasteiger partial charge in [-0.25, -0.2) is 17.9 Å². The number of alkyl halides is 5. The van der Waals surface area contributed by atoms with Crippen molar-refractivity contribution < 1.29 is 40.7 Å². The molecule has 0 saturated heterocycles. The number of pyridine rings is 1. The normalized spacial score (nSPS) is 12.5. The van der Waals surface area contributed by atoms with Gasteiger partial charge in [-0.1, -0.05) is 10.4 Å². The highest BCUT2D eigenvalue weighted by molar-refractivity contribution is 5.92. The highest BCUT2D eigenvalue weighted by atomic mass is 19.4. The van der Waals surface area contributed by atoms with Crippen molar-refractivity contribution >= 4 is 17.6 Å². The Morgan fingerprint density at radius 3 is 2.51 bits per heavy atom. The molecule has 0 aliphatic carbocycles. The Morgan fingerprint density at radius 2 is 1.78 bits per heavy atom. The number of halogens is 6. The number of carbonyl (C=O) groups excluding carboxylic acids is 2. The number of nitrogens with one attached hydrogen (secondary N) is 2. The van der Waals surface area contributed by atoms with Crippen molar-refractivity contribution in [3.05, 3.63) is 77.3 Å². The Balaban J connectivity index is 1.22. The summed E-state index contributed by atoms with van der Waals surface area (Å²) in [6.07, 6.45) is -3.07. The summed E-state index contributed by atoms with van der Waals surface area (Å²) in [6, 6.07) is 5.37. The van der Waals surface area contributed by atoms with Gasteiger partial charge in [0.2, 0.25) is 5.91 Å². The minimum atomic E-state index is -4.98. The number of hydrogen-bond donors (Lipinski definition) is 2.